The number of hydrogen-bond acceptors (Lipinski definition) is 3. The molecule has 0 fully saturated rings. The largest absolute Gasteiger partial charge is 0.337 e. The Morgan fingerprint density at radius 3 is 2.65 bits per heavy atom. The van der Waals surface area contributed by atoms with Crippen LogP contribution in [0.5, 0.6) is 0 Å². The van der Waals surface area contributed by atoms with Crippen LogP contribution in [0.15, 0.2) is 35.2 Å². The molecule has 1 atom stereocenters. The lowest BCUT2D eigenvalue weighted by molar-refractivity contribution is -0.119. The van der Waals surface area contributed by atoms with E-state index in [1.807, 2.05) is 37.3 Å². The number of thioether (sulfide) groups is 1. The Bertz CT molecular complexity index is 413. The van der Waals surface area contributed by atoms with Crippen molar-refractivity contribution < 1.29 is 4.79 Å². The smallest absolute Gasteiger partial charge is 0.231 e. The maximum absolute atomic E-state index is 11.7. The van der Waals surface area contributed by atoms with Crippen LogP contribution in [0.2, 0.25) is 0 Å². The fraction of sp³-hybridized carbons (Fsp3) is 0.385. The van der Waals surface area contributed by atoms with Crippen molar-refractivity contribution in [2.24, 2.45) is 0 Å². The molecule has 1 amide bonds. The third-order valence-electron chi connectivity index (χ3n) is 2.48. The Balaban J connectivity index is 2.44. The number of nitrogens with one attached hydrogen (secondary N) is 1. The molecule has 1 aromatic rings. The standard InChI is InChI=1S/C13H16N2OS/c1-3-13(2,10-14)15-12(16)9-17-11-7-5-4-6-8-11/h4-8H,3,9H2,1-2H3,(H,15,16). The average Bonchev–Trinajstić information content (AvgIpc) is 2.37. The van der Waals surface area contributed by atoms with Crippen molar-refractivity contribution in [1.29, 1.82) is 5.26 Å². The van der Waals surface area contributed by atoms with Gasteiger partial charge in [-0.05, 0) is 25.5 Å². The highest BCUT2D eigenvalue weighted by molar-refractivity contribution is 8.00. The van der Waals surface area contributed by atoms with Crippen LogP contribution in [0, 0.1) is 11.3 Å². The summed E-state index contributed by atoms with van der Waals surface area (Å²) < 4.78 is 0. The number of rotatable bonds is 5. The molecule has 90 valence electrons. The fourth-order valence-electron chi connectivity index (χ4n) is 1.20. The first-order valence-corrected chi connectivity index (χ1v) is 6.48. The van der Waals surface area contributed by atoms with Crippen molar-refractivity contribution in [3.05, 3.63) is 30.3 Å². The normalized spacial score (nSPS) is 13.5. The van der Waals surface area contributed by atoms with Gasteiger partial charge < -0.3 is 5.32 Å². The van der Waals surface area contributed by atoms with Crippen molar-refractivity contribution in [2.45, 2.75) is 30.7 Å². The van der Waals surface area contributed by atoms with E-state index in [2.05, 4.69) is 11.4 Å². The van der Waals surface area contributed by atoms with Crippen LogP contribution in [-0.4, -0.2) is 17.2 Å². The number of hydrogen-bond donors (Lipinski definition) is 1. The lowest BCUT2D eigenvalue weighted by Gasteiger charge is -2.20. The molecule has 0 radical (unpaired) electrons. The summed E-state index contributed by atoms with van der Waals surface area (Å²) in [6.07, 6.45) is 0.602. The minimum atomic E-state index is -0.756. The first kappa shape index (κ1) is 13.6. The van der Waals surface area contributed by atoms with Gasteiger partial charge in [0.15, 0.2) is 0 Å². The van der Waals surface area contributed by atoms with Crippen molar-refractivity contribution >= 4 is 17.7 Å². The van der Waals surface area contributed by atoms with E-state index in [1.165, 1.54) is 11.8 Å². The van der Waals surface area contributed by atoms with Gasteiger partial charge in [0.25, 0.3) is 0 Å². The molecule has 0 aliphatic rings. The molecule has 3 nitrogen and oxygen atoms in total. The van der Waals surface area contributed by atoms with Crippen molar-refractivity contribution in [2.75, 3.05) is 5.75 Å². The number of carbonyl (C=O) groups excluding carboxylic acids is 1. The zero-order valence-electron chi connectivity index (χ0n) is 10.1. The minimum Gasteiger partial charge on any atom is -0.337 e. The molecule has 0 aromatic heterocycles. The van der Waals surface area contributed by atoms with Gasteiger partial charge >= 0.3 is 0 Å². The Hall–Kier alpha value is -1.47. The summed E-state index contributed by atoms with van der Waals surface area (Å²) in [4.78, 5) is 12.7. The summed E-state index contributed by atoms with van der Waals surface area (Å²) in [6.45, 7) is 3.62. The SMILES string of the molecule is CCC(C)(C#N)NC(=O)CSc1ccccc1. The second kappa shape index (κ2) is 6.31. The quantitative estimate of drug-likeness (QED) is 0.815. The highest BCUT2D eigenvalue weighted by Gasteiger charge is 2.23. The van der Waals surface area contributed by atoms with E-state index in [1.54, 1.807) is 6.92 Å². The summed E-state index contributed by atoms with van der Waals surface area (Å²) >= 11 is 1.47. The third-order valence-corrected chi connectivity index (χ3v) is 3.49. The Morgan fingerprint density at radius 1 is 1.47 bits per heavy atom. The van der Waals surface area contributed by atoms with Crippen LogP contribution in [0.25, 0.3) is 0 Å². The summed E-state index contributed by atoms with van der Waals surface area (Å²) in [6, 6.07) is 11.8. The van der Waals surface area contributed by atoms with Gasteiger partial charge in [-0.3, -0.25) is 4.79 Å². The Labute approximate surface area is 106 Å². The van der Waals surface area contributed by atoms with Crippen molar-refractivity contribution in [1.82, 2.24) is 5.32 Å². The molecule has 1 N–H and O–H groups in total. The van der Waals surface area contributed by atoms with E-state index in [9.17, 15) is 4.79 Å². The molecule has 0 heterocycles. The van der Waals surface area contributed by atoms with Gasteiger partial charge in [-0.2, -0.15) is 5.26 Å². The first-order valence-electron chi connectivity index (χ1n) is 5.50. The van der Waals surface area contributed by atoms with Gasteiger partial charge in [-0.15, -0.1) is 11.8 Å². The molecule has 0 aliphatic heterocycles. The monoisotopic (exact) mass is 248 g/mol. The second-order valence-electron chi connectivity index (χ2n) is 3.95. The highest BCUT2D eigenvalue weighted by atomic mass is 32.2. The Kier molecular flexibility index (Phi) is 5.05. The average molecular weight is 248 g/mol. The van der Waals surface area contributed by atoms with Crippen LogP contribution < -0.4 is 5.32 Å². The van der Waals surface area contributed by atoms with Gasteiger partial charge in [0.05, 0.1) is 11.8 Å². The number of nitrogens with zero attached hydrogens (tertiary/aromatic N) is 1. The predicted molar refractivity (Wildman–Crippen MR) is 69.6 cm³/mol. The van der Waals surface area contributed by atoms with Crippen LogP contribution in [0.4, 0.5) is 0 Å². The van der Waals surface area contributed by atoms with E-state index in [0.29, 0.717) is 12.2 Å². The summed E-state index contributed by atoms with van der Waals surface area (Å²) in [5, 5.41) is 11.7. The number of amides is 1. The third kappa shape index (κ3) is 4.49. The van der Waals surface area contributed by atoms with Crippen LogP contribution in [0.1, 0.15) is 20.3 Å². The van der Waals surface area contributed by atoms with Crippen LogP contribution in [-0.2, 0) is 4.79 Å². The molecule has 1 aromatic carbocycles. The molecule has 1 unspecified atom stereocenters. The van der Waals surface area contributed by atoms with Crippen molar-refractivity contribution in [3.8, 4) is 6.07 Å². The molecule has 0 aliphatic carbocycles. The summed E-state index contributed by atoms with van der Waals surface area (Å²) in [5.74, 6) is 0.228. The maximum Gasteiger partial charge on any atom is 0.231 e. The zero-order chi connectivity index (χ0) is 12.7. The lowest BCUT2D eigenvalue weighted by atomic mass is 10.0. The lowest BCUT2D eigenvalue weighted by Crippen LogP contribution is -2.45. The molecule has 0 spiro atoms. The van der Waals surface area contributed by atoms with E-state index >= 15 is 0 Å². The Morgan fingerprint density at radius 2 is 2.12 bits per heavy atom. The number of benzene rings is 1. The highest BCUT2D eigenvalue weighted by Crippen LogP contribution is 2.17. The van der Waals surface area contributed by atoms with Gasteiger partial charge in [0.1, 0.15) is 5.54 Å². The minimum absolute atomic E-state index is 0.107. The van der Waals surface area contributed by atoms with E-state index < -0.39 is 5.54 Å². The molecule has 0 saturated carbocycles. The summed E-state index contributed by atoms with van der Waals surface area (Å²) in [7, 11) is 0. The van der Waals surface area contributed by atoms with Crippen LogP contribution >= 0.6 is 11.8 Å². The number of carbonyl (C=O) groups is 1. The van der Waals surface area contributed by atoms with Gasteiger partial charge in [0.2, 0.25) is 5.91 Å². The topological polar surface area (TPSA) is 52.9 Å². The molecule has 0 saturated heterocycles. The molecule has 17 heavy (non-hydrogen) atoms. The summed E-state index contributed by atoms with van der Waals surface area (Å²) in [5.41, 5.74) is -0.756. The van der Waals surface area contributed by atoms with Gasteiger partial charge in [0, 0.05) is 4.90 Å². The number of nitriles is 1. The maximum atomic E-state index is 11.7. The molecular weight excluding hydrogens is 232 g/mol. The van der Waals surface area contributed by atoms with E-state index in [0.717, 1.165) is 4.90 Å². The molecular formula is C13H16N2OS. The molecule has 4 heteroatoms. The predicted octanol–water partition coefficient (Wildman–Crippen LogP) is 2.59. The second-order valence-corrected chi connectivity index (χ2v) is 5.00. The van der Waals surface area contributed by atoms with Gasteiger partial charge in [-0.25, -0.2) is 0 Å². The molecule has 1 rings (SSSR count). The molecule has 0 bridgehead atoms. The van der Waals surface area contributed by atoms with Crippen LogP contribution in [0.3, 0.4) is 0 Å². The zero-order valence-corrected chi connectivity index (χ0v) is 10.9. The first-order chi connectivity index (χ1) is 8.09. The van der Waals surface area contributed by atoms with Crippen molar-refractivity contribution in [3.63, 3.8) is 0 Å². The fourth-order valence-corrected chi connectivity index (χ4v) is 1.92. The van der Waals surface area contributed by atoms with Gasteiger partial charge in [-0.1, -0.05) is 25.1 Å². The van der Waals surface area contributed by atoms with E-state index in [4.69, 9.17) is 5.26 Å². The van der Waals surface area contributed by atoms with E-state index in [-0.39, 0.29) is 5.91 Å².